The van der Waals surface area contributed by atoms with Crippen LogP contribution in [0.15, 0.2) is 42.5 Å². The van der Waals surface area contributed by atoms with Crippen molar-refractivity contribution in [1.29, 1.82) is 0 Å². The third-order valence-corrected chi connectivity index (χ3v) is 2.24. The molecule has 3 heteroatoms. The van der Waals surface area contributed by atoms with Crippen LogP contribution in [-0.2, 0) is 16.2 Å². The van der Waals surface area contributed by atoms with Crippen molar-refractivity contribution in [2.45, 2.75) is 6.61 Å². The third-order valence-electron chi connectivity index (χ3n) is 2.24. The molecule has 0 aliphatic heterocycles. The van der Waals surface area contributed by atoms with E-state index in [1.54, 1.807) is 0 Å². The second-order valence-corrected chi connectivity index (χ2v) is 3.16. The van der Waals surface area contributed by atoms with Gasteiger partial charge in [0.05, 0.1) is 0 Å². The zero-order chi connectivity index (χ0) is 10.5. The number of benzene rings is 2. The van der Waals surface area contributed by atoms with Crippen LogP contribution in [0.4, 0.5) is 0 Å². The molecule has 0 heterocycles. The van der Waals surface area contributed by atoms with Gasteiger partial charge < -0.3 is 0 Å². The molecule has 0 unspecified atom stereocenters. The van der Waals surface area contributed by atoms with E-state index in [0.29, 0.717) is 13.0 Å². The summed E-state index contributed by atoms with van der Waals surface area (Å²) in [4.78, 5) is 15.0. The van der Waals surface area contributed by atoms with Crippen LogP contribution >= 0.6 is 0 Å². The highest BCUT2D eigenvalue weighted by atomic mass is 16.6. The Morgan fingerprint density at radius 2 is 1.93 bits per heavy atom. The van der Waals surface area contributed by atoms with E-state index >= 15 is 0 Å². The van der Waals surface area contributed by atoms with Gasteiger partial charge in [-0.05, 0) is 16.3 Å². The van der Waals surface area contributed by atoms with Crippen LogP contribution in [0.25, 0.3) is 10.8 Å². The van der Waals surface area contributed by atoms with Gasteiger partial charge in [-0.15, -0.1) is 0 Å². The summed E-state index contributed by atoms with van der Waals surface area (Å²) >= 11 is 0. The molecule has 0 spiro atoms. The van der Waals surface area contributed by atoms with Crippen molar-refractivity contribution in [2.24, 2.45) is 0 Å². The van der Waals surface area contributed by atoms with Crippen molar-refractivity contribution >= 4 is 17.2 Å². The zero-order valence-corrected chi connectivity index (χ0v) is 8.14. The molecule has 3 nitrogen and oxygen atoms in total. The van der Waals surface area contributed by atoms with Gasteiger partial charge in [0.2, 0.25) is 6.41 Å². The molecular formula is C12H11NO2. The largest absolute Gasteiger partial charge is 0.277 e. The molecular weight excluding hydrogens is 190 g/mol. The van der Waals surface area contributed by atoms with Crippen molar-refractivity contribution in [2.75, 3.05) is 0 Å². The Morgan fingerprint density at radius 1 is 1.13 bits per heavy atom. The van der Waals surface area contributed by atoms with E-state index in [2.05, 4.69) is 5.48 Å². The summed E-state index contributed by atoms with van der Waals surface area (Å²) in [7, 11) is 0. The van der Waals surface area contributed by atoms with Gasteiger partial charge in [0.25, 0.3) is 0 Å². The molecule has 0 aliphatic carbocycles. The maximum absolute atomic E-state index is 10.0. The highest BCUT2D eigenvalue weighted by molar-refractivity contribution is 5.85. The smallest absolute Gasteiger partial charge is 0.230 e. The Labute approximate surface area is 87.6 Å². The predicted molar refractivity (Wildman–Crippen MR) is 57.9 cm³/mol. The van der Waals surface area contributed by atoms with Gasteiger partial charge in [-0.2, -0.15) is 0 Å². The number of carbonyl (C=O) groups is 1. The summed E-state index contributed by atoms with van der Waals surface area (Å²) in [6, 6.07) is 14.1. The van der Waals surface area contributed by atoms with Gasteiger partial charge in [0.1, 0.15) is 6.61 Å². The summed E-state index contributed by atoms with van der Waals surface area (Å²) in [5.41, 5.74) is 3.24. The molecule has 0 aromatic heterocycles. The Balaban J connectivity index is 2.30. The average Bonchev–Trinajstić information content (AvgIpc) is 2.30. The SMILES string of the molecule is O=CNOCc1cccc2ccccc12. The molecule has 0 atom stereocenters. The number of nitrogens with one attached hydrogen (secondary N) is 1. The lowest BCUT2D eigenvalue weighted by Crippen LogP contribution is -2.11. The van der Waals surface area contributed by atoms with Crippen molar-refractivity contribution in [3.05, 3.63) is 48.0 Å². The molecule has 2 aromatic carbocycles. The van der Waals surface area contributed by atoms with Crippen molar-refractivity contribution < 1.29 is 9.63 Å². The lowest BCUT2D eigenvalue weighted by Gasteiger charge is -2.05. The molecule has 1 amide bonds. The van der Waals surface area contributed by atoms with Crippen LogP contribution in [-0.4, -0.2) is 6.41 Å². The fraction of sp³-hybridized carbons (Fsp3) is 0.0833. The first-order valence-electron chi connectivity index (χ1n) is 4.69. The number of hydroxylamine groups is 1. The lowest BCUT2D eigenvalue weighted by atomic mass is 10.1. The number of fused-ring (bicyclic) bond motifs is 1. The summed E-state index contributed by atoms with van der Waals surface area (Å²) < 4.78 is 0. The molecule has 76 valence electrons. The first-order chi connectivity index (χ1) is 7.42. The van der Waals surface area contributed by atoms with E-state index in [4.69, 9.17) is 4.84 Å². The fourth-order valence-corrected chi connectivity index (χ4v) is 1.57. The van der Waals surface area contributed by atoms with E-state index in [1.807, 2.05) is 42.5 Å². The number of amides is 1. The second kappa shape index (κ2) is 4.57. The molecule has 0 radical (unpaired) electrons. The molecule has 15 heavy (non-hydrogen) atoms. The summed E-state index contributed by atoms with van der Waals surface area (Å²) in [5, 5.41) is 2.32. The zero-order valence-electron chi connectivity index (χ0n) is 8.14. The van der Waals surface area contributed by atoms with Gasteiger partial charge in [0.15, 0.2) is 0 Å². The molecule has 0 bridgehead atoms. The Bertz CT molecular complexity index is 463. The van der Waals surface area contributed by atoms with Gasteiger partial charge >= 0.3 is 0 Å². The van der Waals surface area contributed by atoms with E-state index in [0.717, 1.165) is 10.9 Å². The molecule has 0 saturated heterocycles. The molecule has 0 saturated carbocycles. The van der Waals surface area contributed by atoms with E-state index < -0.39 is 0 Å². The molecule has 2 aromatic rings. The van der Waals surface area contributed by atoms with Crippen molar-refractivity contribution in [3.63, 3.8) is 0 Å². The number of rotatable bonds is 4. The van der Waals surface area contributed by atoms with Gasteiger partial charge in [-0.1, -0.05) is 42.5 Å². The van der Waals surface area contributed by atoms with Gasteiger partial charge in [-0.25, -0.2) is 5.48 Å². The summed E-state index contributed by atoms with van der Waals surface area (Å²) in [6.45, 7) is 0.375. The first kappa shape index (κ1) is 9.68. The Kier molecular flexibility index (Phi) is 2.95. The monoisotopic (exact) mass is 201 g/mol. The van der Waals surface area contributed by atoms with Crippen LogP contribution in [0.2, 0.25) is 0 Å². The Hall–Kier alpha value is -1.87. The van der Waals surface area contributed by atoms with Crippen LogP contribution in [0.3, 0.4) is 0 Å². The standard InChI is InChI=1S/C12H11NO2/c14-9-13-15-8-11-6-3-5-10-4-1-2-7-12(10)11/h1-7,9H,8H2,(H,13,14). The van der Waals surface area contributed by atoms with Crippen LogP contribution in [0.5, 0.6) is 0 Å². The predicted octanol–water partition coefficient (Wildman–Crippen LogP) is 2.02. The summed E-state index contributed by atoms with van der Waals surface area (Å²) in [6.07, 6.45) is 0.519. The fourth-order valence-electron chi connectivity index (χ4n) is 1.57. The number of carbonyl (C=O) groups excluding carboxylic acids is 1. The minimum absolute atomic E-state index is 0.375. The topological polar surface area (TPSA) is 38.3 Å². The van der Waals surface area contributed by atoms with E-state index in [9.17, 15) is 4.79 Å². The van der Waals surface area contributed by atoms with Gasteiger partial charge in [0, 0.05) is 0 Å². The van der Waals surface area contributed by atoms with Crippen molar-refractivity contribution in [3.8, 4) is 0 Å². The van der Waals surface area contributed by atoms with Crippen LogP contribution < -0.4 is 5.48 Å². The minimum Gasteiger partial charge on any atom is -0.277 e. The van der Waals surface area contributed by atoms with Gasteiger partial charge in [-0.3, -0.25) is 9.63 Å². The highest BCUT2D eigenvalue weighted by Crippen LogP contribution is 2.18. The first-order valence-corrected chi connectivity index (χ1v) is 4.69. The normalized spacial score (nSPS) is 10.1. The van der Waals surface area contributed by atoms with Crippen LogP contribution in [0, 0.1) is 0 Å². The van der Waals surface area contributed by atoms with E-state index in [1.165, 1.54) is 5.39 Å². The minimum atomic E-state index is 0.375. The van der Waals surface area contributed by atoms with E-state index in [-0.39, 0.29) is 0 Å². The molecule has 2 rings (SSSR count). The quantitative estimate of drug-likeness (QED) is 0.467. The van der Waals surface area contributed by atoms with Crippen molar-refractivity contribution in [1.82, 2.24) is 5.48 Å². The summed E-state index contributed by atoms with van der Waals surface area (Å²) in [5.74, 6) is 0. The third kappa shape index (κ3) is 2.14. The van der Waals surface area contributed by atoms with Crippen LogP contribution in [0.1, 0.15) is 5.56 Å². The molecule has 0 fully saturated rings. The molecule has 1 N–H and O–H groups in total. The number of hydrogen-bond donors (Lipinski definition) is 1. The number of hydrogen-bond acceptors (Lipinski definition) is 2. The highest BCUT2D eigenvalue weighted by Gasteiger charge is 1.99. The molecule has 0 aliphatic rings. The average molecular weight is 201 g/mol. The second-order valence-electron chi connectivity index (χ2n) is 3.16. The maximum Gasteiger partial charge on any atom is 0.230 e. The maximum atomic E-state index is 10.0. The lowest BCUT2D eigenvalue weighted by molar-refractivity contribution is -0.121. The Morgan fingerprint density at radius 3 is 2.80 bits per heavy atom.